The zero-order chi connectivity index (χ0) is 17.6. The highest BCUT2D eigenvalue weighted by atomic mass is 32.2. The molecule has 1 aliphatic heterocycles. The van der Waals surface area contributed by atoms with E-state index in [0.717, 1.165) is 20.8 Å². The number of benzene rings is 2. The van der Waals surface area contributed by atoms with Gasteiger partial charge in [-0.3, -0.25) is 9.82 Å². The van der Waals surface area contributed by atoms with E-state index in [1.54, 1.807) is 18.2 Å². The molecule has 4 rings (SSSR count). The van der Waals surface area contributed by atoms with E-state index in [0.29, 0.717) is 22.9 Å². The number of aromatic amines is 1. The third-order valence-electron chi connectivity index (χ3n) is 3.94. The smallest absolute Gasteiger partial charge is 0.301 e. The molecule has 1 aromatic heterocycles. The van der Waals surface area contributed by atoms with Crippen molar-refractivity contribution in [2.45, 2.75) is 0 Å². The van der Waals surface area contributed by atoms with E-state index in [4.69, 9.17) is 9.47 Å². The van der Waals surface area contributed by atoms with Gasteiger partial charge in [-0.15, -0.1) is 0 Å². The fourth-order valence-electron chi connectivity index (χ4n) is 2.58. The van der Waals surface area contributed by atoms with Gasteiger partial charge in [0.25, 0.3) is 0 Å². The topological polar surface area (TPSA) is 96.6 Å². The summed E-state index contributed by atoms with van der Waals surface area (Å²) in [5.41, 5.74) is 2.83. The van der Waals surface area contributed by atoms with Crippen molar-refractivity contribution >= 4 is 26.8 Å². The first-order chi connectivity index (χ1) is 11.9. The van der Waals surface area contributed by atoms with Crippen LogP contribution in [0.5, 0.6) is 11.5 Å². The van der Waals surface area contributed by atoms with Crippen LogP contribution in [-0.4, -0.2) is 43.8 Å². The van der Waals surface area contributed by atoms with Gasteiger partial charge in [-0.2, -0.15) is 17.8 Å². The molecule has 130 valence electrons. The van der Waals surface area contributed by atoms with Crippen LogP contribution in [0.4, 0.5) is 5.69 Å². The summed E-state index contributed by atoms with van der Waals surface area (Å²) in [7, 11) is -0.634. The van der Waals surface area contributed by atoms with Crippen molar-refractivity contribution in [3.63, 3.8) is 0 Å². The van der Waals surface area contributed by atoms with Gasteiger partial charge >= 0.3 is 10.2 Å². The number of rotatable bonds is 4. The van der Waals surface area contributed by atoms with Crippen LogP contribution in [0.2, 0.25) is 0 Å². The number of fused-ring (bicyclic) bond motifs is 2. The average Bonchev–Trinajstić information content (AvgIpc) is 3.19. The van der Waals surface area contributed by atoms with E-state index >= 15 is 0 Å². The number of nitrogens with one attached hydrogen (secondary N) is 2. The summed E-state index contributed by atoms with van der Waals surface area (Å²) >= 11 is 0. The van der Waals surface area contributed by atoms with Crippen LogP contribution in [0.1, 0.15) is 0 Å². The molecule has 2 heterocycles. The molecule has 2 aromatic carbocycles. The highest BCUT2D eigenvalue weighted by Gasteiger charge is 2.18. The van der Waals surface area contributed by atoms with Crippen molar-refractivity contribution in [2.24, 2.45) is 0 Å². The maximum absolute atomic E-state index is 12.0. The molecule has 2 N–H and O–H groups in total. The third-order valence-corrected chi connectivity index (χ3v) is 5.39. The highest BCUT2D eigenvalue weighted by molar-refractivity contribution is 7.90. The van der Waals surface area contributed by atoms with Crippen LogP contribution in [-0.2, 0) is 10.2 Å². The van der Waals surface area contributed by atoms with E-state index < -0.39 is 10.2 Å². The molecule has 0 fully saturated rings. The van der Waals surface area contributed by atoms with Gasteiger partial charge in [-0.1, -0.05) is 0 Å². The zero-order valence-electron chi connectivity index (χ0n) is 13.6. The molecule has 0 saturated carbocycles. The summed E-state index contributed by atoms with van der Waals surface area (Å²) in [5, 5.41) is 8.12. The van der Waals surface area contributed by atoms with E-state index in [-0.39, 0.29) is 6.79 Å². The minimum Gasteiger partial charge on any atom is -0.454 e. The van der Waals surface area contributed by atoms with Gasteiger partial charge in [0.1, 0.15) is 5.69 Å². The molecular weight excluding hydrogens is 344 g/mol. The Morgan fingerprint density at radius 3 is 2.72 bits per heavy atom. The van der Waals surface area contributed by atoms with Gasteiger partial charge in [0.05, 0.1) is 11.2 Å². The first kappa shape index (κ1) is 15.7. The Morgan fingerprint density at radius 2 is 1.92 bits per heavy atom. The van der Waals surface area contributed by atoms with Crippen molar-refractivity contribution < 1.29 is 17.9 Å². The molecule has 0 amide bonds. The Bertz CT molecular complexity index is 1060. The first-order valence-corrected chi connectivity index (χ1v) is 8.96. The Balaban J connectivity index is 1.77. The number of aromatic nitrogens is 2. The van der Waals surface area contributed by atoms with Crippen LogP contribution < -0.4 is 14.2 Å². The third kappa shape index (κ3) is 2.77. The Labute approximate surface area is 144 Å². The monoisotopic (exact) mass is 360 g/mol. The quantitative estimate of drug-likeness (QED) is 0.743. The van der Waals surface area contributed by atoms with Crippen molar-refractivity contribution in [1.82, 2.24) is 14.5 Å². The van der Waals surface area contributed by atoms with Crippen LogP contribution in [0.15, 0.2) is 36.4 Å². The normalized spacial score (nSPS) is 13.6. The number of hydrogen-bond donors (Lipinski definition) is 2. The fourth-order valence-corrected chi connectivity index (χ4v) is 3.19. The van der Waals surface area contributed by atoms with Crippen LogP contribution in [0.25, 0.3) is 22.2 Å². The SMILES string of the molecule is CN(C)S(=O)(=O)Nc1ccc2[nH]nc(-c3ccc4c(c3)OCO4)c2c1. The van der Waals surface area contributed by atoms with E-state index in [2.05, 4.69) is 14.9 Å². The standard InChI is InChI=1S/C16H16N4O4S/c1-20(2)25(21,22)19-11-4-5-13-12(8-11)16(18-17-13)10-3-6-14-15(7-10)24-9-23-14/h3-8,19H,9H2,1-2H3,(H,17,18). The number of ether oxygens (including phenoxy) is 2. The second-order valence-electron chi connectivity index (χ2n) is 5.79. The van der Waals surface area contributed by atoms with E-state index in [1.165, 1.54) is 14.1 Å². The fraction of sp³-hybridized carbons (Fsp3) is 0.188. The number of anilines is 1. The molecule has 0 saturated heterocycles. The maximum Gasteiger partial charge on any atom is 0.301 e. The molecule has 1 aliphatic rings. The molecule has 0 radical (unpaired) electrons. The summed E-state index contributed by atoms with van der Waals surface area (Å²) in [6.07, 6.45) is 0. The lowest BCUT2D eigenvalue weighted by Crippen LogP contribution is -2.28. The summed E-state index contributed by atoms with van der Waals surface area (Å²) in [4.78, 5) is 0. The predicted molar refractivity (Wildman–Crippen MR) is 93.9 cm³/mol. The van der Waals surface area contributed by atoms with Crippen molar-refractivity contribution in [3.05, 3.63) is 36.4 Å². The molecule has 0 atom stereocenters. The largest absolute Gasteiger partial charge is 0.454 e. The van der Waals surface area contributed by atoms with Gasteiger partial charge in [0, 0.05) is 25.0 Å². The van der Waals surface area contributed by atoms with Gasteiger partial charge in [-0.25, -0.2) is 0 Å². The second kappa shape index (κ2) is 5.64. The van der Waals surface area contributed by atoms with Crippen molar-refractivity contribution in [1.29, 1.82) is 0 Å². The second-order valence-corrected chi connectivity index (χ2v) is 7.67. The molecule has 0 spiro atoms. The van der Waals surface area contributed by atoms with Gasteiger partial charge in [0.2, 0.25) is 6.79 Å². The van der Waals surface area contributed by atoms with Crippen LogP contribution in [0.3, 0.4) is 0 Å². The summed E-state index contributed by atoms with van der Waals surface area (Å²) in [6.45, 7) is 0.205. The molecular formula is C16H16N4O4S. The van der Waals surface area contributed by atoms with Crippen molar-refractivity contribution in [3.8, 4) is 22.8 Å². The summed E-state index contributed by atoms with van der Waals surface area (Å²) < 4.78 is 38.4. The Kier molecular flexibility index (Phi) is 3.55. The van der Waals surface area contributed by atoms with Crippen LogP contribution in [0, 0.1) is 0 Å². The molecule has 8 nitrogen and oxygen atoms in total. The van der Waals surface area contributed by atoms with E-state index in [9.17, 15) is 8.42 Å². The zero-order valence-corrected chi connectivity index (χ0v) is 14.4. The minimum absolute atomic E-state index is 0.205. The predicted octanol–water partition coefficient (Wildman–Crippen LogP) is 2.18. The van der Waals surface area contributed by atoms with Crippen molar-refractivity contribution in [2.75, 3.05) is 25.6 Å². The number of nitrogens with zero attached hydrogens (tertiary/aromatic N) is 2. The van der Waals surface area contributed by atoms with Gasteiger partial charge in [0.15, 0.2) is 11.5 Å². The molecule has 9 heteroatoms. The minimum atomic E-state index is -3.57. The van der Waals surface area contributed by atoms with E-state index in [1.807, 2.05) is 18.2 Å². The lowest BCUT2D eigenvalue weighted by molar-refractivity contribution is 0.174. The number of H-pyrrole nitrogens is 1. The lowest BCUT2D eigenvalue weighted by atomic mass is 10.1. The lowest BCUT2D eigenvalue weighted by Gasteiger charge is -2.13. The summed E-state index contributed by atoms with van der Waals surface area (Å²) in [5.74, 6) is 1.36. The Morgan fingerprint density at radius 1 is 1.12 bits per heavy atom. The molecule has 3 aromatic rings. The van der Waals surface area contributed by atoms with Gasteiger partial charge < -0.3 is 9.47 Å². The molecule has 0 aliphatic carbocycles. The van der Waals surface area contributed by atoms with Gasteiger partial charge in [-0.05, 0) is 36.4 Å². The highest BCUT2D eigenvalue weighted by Crippen LogP contribution is 2.37. The average molecular weight is 360 g/mol. The summed E-state index contributed by atoms with van der Waals surface area (Å²) in [6, 6.07) is 10.8. The number of hydrogen-bond acceptors (Lipinski definition) is 5. The van der Waals surface area contributed by atoms with Crippen LogP contribution >= 0.6 is 0 Å². The molecule has 0 unspecified atom stereocenters. The maximum atomic E-state index is 12.0. The molecule has 0 bridgehead atoms. The molecule has 25 heavy (non-hydrogen) atoms. The Hall–Kier alpha value is -2.78. The first-order valence-electron chi connectivity index (χ1n) is 7.52.